The lowest BCUT2D eigenvalue weighted by molar-refractivity contribution is 0.407. The summed E-state index contributed by atoms with van der Waals surface area (Å²) in [4.78, 5) is 1.11. The second kappa shape index (κ2) is 6.54. The molecule has 1 saturated heterocycles. The number of benzene rings is 1. The van der Waals surface area contributed by atoms with E-state index in [0.717, 1.165) is 23.3 Å². The molecule has 0 aliphatic carbocycles. The summed E-state index contributed by atoms with van der Waals surface area (Å²) in [5, 5.41) is 3.92. The zero-order valence-corrected chi connectivity index (χ0v) is 14.2. The van der Waals surface area contributed by atoms with E-state index in [4.69, 9.17) is 11.6 Å². The monoisotopic (exact) mass is 353 g/mol. The van der Waals surface area contributed by atoms with Gasteiger partial charge in [0, 0.05) is 21.9 Å². The molecule has 0 unspecified atom stereocenters. The van der Waals surface area contributed by atoms with E-state index in [1.807, 2.05) is 17.5 Å². The van der Waals surface area contributed by atoms with Crippen molar-refractivity contribution in [1.82, 2.24) is 4.31 Å². The number of hydrogen-bond acceptors (Lipinski definition) is 3. The van der Waals surface area contributed by atoms with Gasteiger partial charge in [0.2, 0.25) is 10.0 Å². The first-order valence-electron chi connectivity index (χ1n) is 7.05. The van der Waals surface area contributed by atoms with Crippen molar-refractivity contribution in [2.45, 2.75) is 18.9 Å². The summed E-state index contributed by atoms with van der Waals surface area (Å²) in [6.45, 7) is 0.579. The fourth-order valence-corrected chi connectivity index (χ4v) is 5.14. The molecule has 116 valence electrons. The Balaban J connectivity index is 1.81. The van der Waals surface area contributed by atoms with E-state index in [1.54, 1.807) is 46.0 Å². The van der Waals surface area contributed by atoms with Crippen molar-refractivity contribution in [3.8, 4) is 0 Å². The van der Waals surface area contributed by atoms with Crippen molar-refractivity contribution in [1.29, 1.82) is 0 Å². The highest BCUT2D eigenvalue weighted by atomic mass is 35.5. The molecule has 2 aromatic rings. The number of thiophene rings is 1. The van der Waals surface area contributed by atoms with Gasteiger partial charge in [0.15, 0.2) is 0 Å². The summed E-state index contributed by atoms with van der Waals surface area (Å²) in [6, 6.07) is 11.0. The van der Waals surface area contributed by atoms with Gasteiger partial charge in [-0.1, -0.05) is 29.8 Å². The van der Waals surface area contributed by atoms with Crippen LogP contribution in [0.3, 0.4) is 0 Å². The third-order valence-electron chi connectivity index (χ3n) is 3.70. The maximum absolute atomic E-state index is 12.6. The Hall–Kier alpha value is -1.14. The molecule has 6 heteroatoms. The molecule has 3 nitrogen and oxygen atoms in total. The second-order valence-electron chi connectivity index (χ2n) is 5.18. The van der Waals surface area contributed by atoms with Crippen molar-refractivity contribution in [3.05, 3.63) is 62.6 Å². The Morgan fingerprint density at radius 1 is 1.23 bits per heavy atom. The molecular formula is C16H16ClNO2S2. The van der Waals surface area contributed by atoms with Gasteiger partial charge in [-0.25, -0.2) is 8.42 Å². The van der Waals surface area contributed by atoms with Gasteiger partial charge in [-0.15, -0.1) is 11.3 Å². The normalized spacial score (nSPS) is 20.0. The van der Waals surface area contributed by atoms with Gasteiger partial charge in [-0.3, -0.25) is 0 Å². The van der Waals surface area contributed by atoms with Crippen LogP contribution in [0.15, 0.2) is 47.2 Å². The van der Waals surface area contributed by atoms with Gasteiger partial charge < -0.3 is 0 Å². The predicted molar refractivity (Wildman–Crippen MR) is 92.4 cm³/mol. The number of sulfonamides is 1. The van der Waals surface area contributed by atoms with Crippen LogP contribution in [-0.2, 0) is 10.0 Å². The van der Waals surface area contributed by atoms with Crippen LogP contribution in [0.1, 0.15) is 29.3 Å². The molecule has 0 saturated carbocycles. The van der Waals surface area contributed by atoms with Crippen LogP contribution >= 0.6 is 22.9 Å². The molecule has 22 heavy (non-hydrogen) atoms. The van der Waals surface area contributed by atoms with Gasteiger partial charge in [0.05, 0.1) is 6.04 Å². The molecule has 1 aliphatic heterocycles. The summed E-state index contributed by atoms with van der Waals surface area (Å²) in [5.74, 6) is 0. The lowest BCUT2D eigenvalue weighted by Gasteiger charge is -2.21. The third kappa shape index (κ3) is 3.43. The fraction of sp³-hybridized carbons (Fsp3) is 0.250. The van der Waals surface area contributed by atoms with Crippen molar-refractivity contribution in [3.63, 3.8) is 0 Å². The summed E-state index contributed by atoms with van der Waals surface area (Å²) in [6.07, 6.45) is 3.40. The average Bonchev–Trinajstić information content (AvgIpc) is 3.17. The Labute approximate surface area is 139 Å². The topological polar surface area (TPSA) is 37.4 Å². The van der Waals surface area contributed by atoms with E-state index in [1.165, 1.54) is 5.41 Å². The van der Waals surface area contributed by atoms with Crippen LogP contribution < -0.4 is 0 Å². The molecule has 1 fully saturated rings. The number of rotatable bonds is 4. The number of halogens is 1. The first-order valence-corrected chi connectivity index (χ1v) is 9.81. The minimum absolute atomic E-state index is 0.0279. The highest BCUT2D eigenvalue weighted by Crippen LogP contribution is 2.36. The smallest absolute Gasteiger partial charge is 0.207 e. The van der Waals surface area contributed by atoms with Crippen LogP contribution in [0, 0.1) is 0 Å². The number of hydrogen-bond donors (Lipinski definition) is 0. The number of nitrogens with zero attached hydrogens (tertiary/aromatic N) is 1. The van der Waals surface area contributed by atoms with E-state index < -0.39 is 10.0 Å². The van der Waals surface area contributed by atoms with E-state index in [9.17, 15) is 8.42 Å². The molecule has 1 aromatic heterocycles. The van der Waals surface area contributed by atoms with Gasteiger partial charge in [-0.2, -0.15) is 4.31 Å². The Morgan fingerprint density at radius 2 is 2.00 bits per heavy atom. The first kappa shape index (κ1) is 15.7. The zero-order chi connectivity index (χ0) is 15.6. The minimum Gasteiger partial charge on any atom is -0.207 e. The molecule has 0 N–H and O–H groups in total. The highest BCUT2D eigenvalue weighted by molar-refractivity contribution is 7.92. The Kier molecular flexibility index (Phi) is 4.68. The van der Waals surface area contributed by atoms with Gasteiger partial charge in [-0.05, 0) is 48.1 Å². The maximum atomic E-state index is 12.6. The van der Waals surface area contributed by atoms with E-state index in [-0.39, 0.29) is 6.04 Å². The average molecular weight is 354 g/mol. The van der Waals surface area contributed by atoms with Gasteiger partial charge in [0.1, 0.15) is 0 Å². The van der Waals surface area contributed by atoms with Crippen LogP contribution in [0.25, 0.3) is 6.08 Å². The molecule has 0 radical (unpaired) electrons. The van der Waals surface area contributed by atoms with Crippen LogP contribution in [0.2, 0.25) is 5.02 Å². The molecule has 0 amide bonds. The minimum atomic E-state index is -3.42. The molecule has 1 atom stereocenters. The summed E-state index contributed by atoms with van der Waals surface area (Å²) in [7, 11) is -3.42. The molecule has 2 heterocycles. The van der Waals surface area contributed by atoms with Crippen LogP contribution in [0.5, 0.6) is 0 Å². The van der Waals surface area contributed by atoms with Gasteiger partial charge in [0.25, 0.3) is 0 Å². The van der Waals surface area contributed by atoms with E-state index in [0.29, 0.717) is 11.6 Å². The SMILES string of the molecule is O=S(=O)(/C=C/c1ccc(Cl)cc1)N1CCC[C@H]1c1cccs1. The summed E-state index contributed by atoms with van der Waals surface area (Å²) in [5.41, 5.74) is 0.819. The predicted octanol–water partition coefficient (Wildman–Crippen LogP) is 4.54. The zero-order valence-electron chi connectivity index (χ0n) is 11.9. The second-order valence-corrected chi connectivity index (χ2v) is 8.37. The van der Waals surface area contributed by atoms with Crippen molar-refractivity contribution >= 4 is 39.0 Å². The highest BCUT2D eigenvalue weighted by Gasteiger charge is 2.34. The fourth-order valence-electron chi connectivity index (χ4n) is 2.63. The van der Waals surface area contributed by atoms with Crippen molar-refractivity contribution < 1.29 is 8.42 Å². The van der Waals surface area contributed by atoms with Crippen molar-refractivity contribution in [2.24, 2.45) is 0 Å². The largest absolute Gasteiger partial charge is 0.236 e. The lowest BCUT2D eigenvalue weighted by atomic mass is 10.2. The molecule has 3 rings (SSSR count). The molecule has 1 aromatic carbocycles. The third-order valence-corrected chi connectivity index (χ3v) is 6.50. The van der Waals surface area contributed by atoms with Crippen molar-refractivity contribution in [2.75, 3.05) is 6.54 Å². The van der Waals surface area contributed by atoms with Crippen LogP contribution in [-0.4, -0.2) is 19.3 Å². The molecule has 1 aliphatic rings. The standard InChI is InChI=1S/C16H16ClNO2S2/c17-14-7-5-13(6-8-14)9-12-22(19,20)18-10-1-3-15(18)16-4-2-11-21-16/h2,4-9,11-12,15H,1,3,10H2/b12-9+/t15-/m0/s1. The quantitative estimate of drug-likeness (QED) is 0.809. The van der Waals surface area contributed by atoms with E-state index in [2.05, 4.69) is 0 Å². The summed E-state index contributed by atoms with van der Waals surface area (Å²) >= 11 is 7.44. The van der Waals surface area contributed by atoms with Crippen LogP contribution in [0.4, 0.5) is 0 Å². The lowest BCUT2D eigenvalue weighted by Crippen LogP contribution is -2.28. The maximum Gasteiger partial charge on any atom is 0.236 e. The summed E-state index contributed by atoms with van der Waals surface area (Å²) < 4.78 is 26.8. The first-order chi connectivity index (χ1) is 10.6. The van der Waals surface area contributed by atoms with E-state index >= 15 is 0 Å². The molecule has 0 bridgehead atoms. The molecule has 0 spiro atoms. The van der Waals surface area contributed by atoms with Gasteiger partial charge >= 0.3 is 0 Å². The Morgan fingerprint density at radius 3 is 2.68 bits per heavy atom. The molecular weight excluding hydrogens is 338 g/mol. The Bertz CT molecular complexity index is 752.